The Bertz CT molecular complexity index is 346. The van der Waals surface area contributed by atoms with E-state index in [1.54, 1.807) is 4.57 Å². The van der Waals surface area contributed by atoms with Gasteiger partial charge in [0, 0.05) is 13.0 Å². The monoisotopic (exact) mass is 182 g/mol. The summed E-state index contributed by atoms with van der Waals surface area (Å²) in [6, 6.07) is 0. The largest absolute Gasteiger partial charge is 0.481 e. The first-order valence-corrected chi connectivity index (χ1v) is 4.06. The van der Waals surface area contributed by atoms with E-state index in [-0.39, 0.29) is 5.92 Å². The summed E-state index contributed by atoms with van der Waals surface area (Å²) in [7, 11) is 0. The third kappa shape index (κ3) is 1.19. The van der Waals surface area contributed by atoms with Gasteiger partial charge in [0.2, 0.25) is 0 Å². The van der Waals surface area contributed by atoms with Crippen LogP contribution in [0, 0.1) is 5.92 Å². The fourth-order valence-corrected chi connectivity index (χ4v) is 1.56. The van der Waals surface area contributed by atoms with Crippen molar-refractivity contribution in [3.05, 3.63) is 11.6 Å². The van der Waals surface area contributed by atoms with E-state index in [2.05, 4.69) is 10.2 Å². The molecule has 0 aliphatic carbocycles. The molecule has 0 fully saturated rings. The Kier molecular flexibility index (Phi) is 1.77. The van der Waals surface area contributed by atoms with Crippen molar-refractivity contribution in [1.29, 1.82) is 0 Å². The molecule has 13 heavy (non-hydrogen) atoms. The van der Waals surface area contributed by atoms with Crippen molar-refractivity contribution in [2.45, 2.75) is 19.5 Å². The van der Waals surface area contributed by atoms with E-state index in [1.807, 2.05) is 0 Å². The van der Waals surface area contributed by atoms with Crippen LogP contribution in [0.15, 0.2) is 0 Å². The molecule has 1 aliphatic rings. The maximum absolute atomic E-state index is 10.7. The van der Waals surface area contributed by atoms with E-state index < -0.39 is 5.97 Å². The maximum atomic E-state index is 10.7. The van der Waals surface area contributed by atoms with Gasteiger partial charge in [-0.25, -0.2) is 0 Å². The van der Waals surface area contributed by atoms with Gasteiger partial charge in [-0.05, 0) is 0 Å². The van der Waals surface area contributed by atoms with Crippen LogP contribution in [-0.2, 0) is 24.3 Å². The van der Waals surface area contributed by atoms with Crippen LogP contribution in [0.4, 0.5) is 0 Å². The van der Waals surface area contributed by atoms with Crippen LogP contribution in [0.5, 0.6) is 0 Å². The van der Waals surface area contributed by atoms with Crippen LogP contribution in [-0.4, -0.2) is 25.8 Å². The molecule has 0 spiro atoms. The van der Waals surface area contributed by atoms with E-state index in [0.717, 1.165) is 5.82 Å². The lowest BCUT2D eigenvalue weighted by atomic mass is 10.1. The number of nitrogens with zero attached hydrogens (tertiary/aromatic N) is 3. The topological polar surface area (TPSA) is 94.0 Å². The van der Waals surface area contributed by atoms with Crippen LogP contribution in [0.2, 0.25) is 0 Å². The van der Waals surface area contributed by atoms with Crippen molar-refractivity contribution >= 4 is 5.97 Å². The molecule has 0 amide bonds. The first-order chi connectivity index (χ1) is 6.22. The summed E-state index contributed by atoms with van der Waals surface area (Å²) in [4.78, 5) is 10.7. The molecule has 6 heteroatoms. The Balaban J connectivity index is 2.26. The van der Waals surface area contributed by atoms with Crippen molar-refractivity contribution in [3.8, 4) is 0 Å². The van der Waals surface area contributed by atoms with Crippen molar-refractivity contribution in [1.82, 2.24) is 14.8 Å². The van der Waals surface area contributed by atoms with E-state index in [1.165, 1.54) is 0 Å². The molecule has 2 heterocycles. The number of aliphatic carboxylic acids is 1. The maximum Gasteiger partial charge on any atom is 0.308 e. The molecule has 0 aromatic carbocycles. The zero-order chi connectivity index (χ0) is 9.42. The molecular formula is C7H10N4O2. The number of carboxylic acids is 1. The smallest absolute Gasteiger partial charge is 0.308 e. The lowest BCUT2D eigenvalue weighted by molar-refractivity contribution is -0.141. The molecule has 3 N–H and O–H groups in total. The van der Waals surface area contributed by atoms with Crippen LogP contribution < -0.4 is 5.73 Å². The Hall–Kier alpha value is -1.43. The highest BCUT2D eigenvalue weighted by molar-refractivity contribution is 5.70. The summed E-state index contributed by atoms with van der Waals surface area (Å²) in [5.74, 6) is 0.246. The number of nitrogens with two attached hydrogens (primary N) is 1. The van der Waals surface area contributed by atoms with Gasteiger partial charge in [0.15, 0.2) is 0 Å². The summed E-state index contributed by atoms with van der Waals surface area (Å²) < 4.78 is 1.79. The van der Waals surface area contributed by atoms with Gasteiger partial charge in [-0.3, -0.25) is 4.79 Å². The number of carboxylic acid groups (broad SMARTS) is 1. The molecule has 2 rings (SSSR count). The molecule has 0 saturated heterocycles. The SMILES string of the molecule is NCc1nnc2n1CC(C(=O)O)C2. The lowest BCUT2D eigenvalue weighted by Gasteiger charge is -2.02. The van der Waals surface area contributed by atoms with E-state index >= 15 is 0 Å². The molecule has 1 atom stereocenters. The number of hydrogen-bond donors (Lipinski definition) is 2. The van der Waals surface area contributed by atoms with Crippen LogP contribution in [0.25, 0.3) is 0 Å². The molecule has 0 radical (unpaired) electrons. The van der Waals surface area contributed by atoms with Gasteiger partial charge in [0.1, 0.15) is 11.6 Å². The predicted molar refractivity (Wildman–Crippen MR) is 42.7 cm³/mol. The average Bonchev–Trinajstić information content (AvgIpc) is 2.60. The van der Waals surface area contributed by atoms with Gasteiger partial charge in [-0.2, -0.15) is 0 Å². The minimum absolute atomic E-state index is 0.305. The number of hydrogen-bond acceptors (Lipinski definition) is 4. The normalized spacial score (nSPS) is 20.2. The summed E-state index contributed by atoms with van der Waals surface area (Å²) >= 11 is 0. The molecule has 1 aliphatic heterocycles. The average molecular weight is 182 g/mol. The number of rotatable bonds is 2. The highest BCUT2D eigenvalue weighted by Gasteiger charge is 2.30. The minimum atomic E-state index is -0.784. The van der Waals surface area contributed by atoms with Crippen LogP contribution >= 0.6 is 0 Å². The summed E-state index contributed by atoms with van der Waals surface area (Å²) in [5.41, 5.74) is 5.42. The summed E-state index contributed by atoms with van der Waals surface area (Å²) in [5, 5.41) is 16.5. The number of fused-ring (bicyclic) bond motifs is 1. The van der Waals surface area contributed by atoms with Crippen LogP contribution in [0.3, 0.4) is 0 Å². The zero-order valence-electron chi connectivity index (χ0n) is 6.97. The molecule has 1 aromatic rings. The van der Waals surface area contributed by atoms with Crippen molar-refractivity contribution in [2.75, 3.05) is 0 Å². The number of aromatic nitrogens is 3. The molecule has 1 aromatic heterocycles. The third-order valence-electron chi connectivity index (χ3n) is 2.27. The van der Waals surface area contributed by atoms with E-state index in [0.29, 0.717) is 25.3 Å². The minimum Gasteiger partial charge on any atom is -0.481 e. The number of carbonyl (C=O) groups is 1. The van der Waals surface area contributed by atoms with Crippen molar-refractivity contribution in [3.63, 3.8) is 0 Å². The quantitative estimate of drug-likeness (QED) is 0.611. The Labute approximate surface area is 74.4 Å². The Morgan fingerprint density at radius 2 is 2.46 bits per heavy atom. The molecule has 0 saturated carbocycles. The second kappa shape index (κ2) is 2.81. The van der Waals surface area contributed by atoms with Crippen molar-refractivity contribution < 1.29 is 9.90 Å². The van der Waals surface area contributed by atoms with Gasteiger partial charge < -0.3 is 15.4 Å². The fourth-order valence-electron chi connectivity index (χ4n) is 1.56. The van der Waals surface area contributed by atoms with E-state index in [9.17, 15) is 4.79 Å². The lowest BCUT2D eigenvalue weighted by Crippen LogP contribution is -2.16. The van der Waals surface area contributed by atoms with Gasteiger partial charge in [0.05, 0.1) is 12.5 Å². The predicted octanol–water partition coefficient (Wildman–Crippen LogP) is -1.01. The summed E-state index contributed by atoms with van der Waals surface area (Å²) in [6.45, 7) is 0.754. The highest BCUT2D eigenvalue weighted by atomic mass is 16.4. The second-order valence-electron chi connectivity index (χ2n) is 3.09. The first kappa shape index (κ1) is 8.18. The van der Waals surface area contributed by atoms with Gasteiger partial charge in [-0.1, -0.05) is 0 Å². The van der Waals surface area contributed by atoms with Crippen LogP contribution in [0.1, 0.15) is 11.6 Å². The highest BCUT2D eigenvalue weighted by Crippen LogP contribution is 2.19. The zero-order valence-corrected chi connectivity index (χ0v) is 6.97. The molecular weight excluding hydrogens is 172 g/mol. The van der Waals surface area contributed by atoms with Crippen molar-refractivity contribution in [2.24, 2.45) is 11.7 Å². The van der Waals surface area contributed by atoms with E-state index in [4.69, 9.17) is 10.8 Å². The Morgan fingerprint density at radius 3 is 3.08 bits per heavy atom. The third-order valence-corrected chi connectivity index (χ3v) is 2.27. The fraction of sp³-hybridized carbons (Fsp3) is 0.571. The molecule has 70 valence electrons. The Morgan fingerprint density at radius 1 is 1.69 bits per heavy atom. The van der Waals surface area contributed by atoms with Gasteiger partial charge >= 0.3 is 5.97 Å². The molecule has 0 bridgehead atoms. The second-order valence-corrected chi connectivity index (χ2v) is 3.09. The standard InChI is InChI=1S/C7H10N4O2/c8-2-6-10-9-5-1-4(7(12)13)3-11(5)6/h4H,1-3,8H2,(H,12,13). The molecule has 1 unspecified atom stereocenters. The first-order valence-electron chi connectivity index (χ1n) is 4.06. The van der Waals surface area contributed by atoms with Gasteiger partial charge in [0.25, 0.3) is 0 Å². The summed E-state index contributed by atoms with van der Waals surface area (Å²) in [6.07, 6.45) is 0.461. The molecule has 6 nitrogen and oxygen atoms in total. The van der Waals surface area contributed by atoms with Gasteiger partial charge in [-0.15, -0.1) is 10.2 Å².